The van der Waals surface area contributed by atoms with E-state index in [0.29, 0.717) is 25.5 Å². The molecule has 0 spiro atoms. The number of benzene rings is 3. The number of aromatic amines is 1. The second-order valence-corrected chi connectivity index (χ2v) is 12.8. The van der Waals surface area contributed by atoms with Crippen LogP contribution in [0.2, 0.25) is 0 Å². The van der Waals surface area contributed by atoms with E-state index in [0.717, 1.165) is 72.6 Å². The zero-order valence-corrected chi connectivity index (χ0v) is 26.8. The molecule has 0 saturated carbocycles. The molecule has 1 heterocycles. The number of fused-ring (bicyclic) bond motifs is 1. The number of hydrogen-bond acceptors (Lipinski definition) is 6. The van der Waals surface area contributed by atoms with Gasteiger partial charge in [-0.25, -0.2) is 13.4 Å². The summed E-state index contributed by atoms with van der Waals surface area (Å²) in [5.41, 5.74) is 3.61. The number of aromatic nitrogens is 2. The van der Waals surface area contributed by atoms with Gasteiger partial charge in [-0.05, 0) is 61.3 Å². The van der Waals surface area contributed by atoms with E-state index in [1.165, 1.54) is 6.26 Å². The van der Waals surface area contributed by atoms with Gasteiger partial charge in [0.2, 0.25) is 10.0 Å². The molecule has 8 nitrogen and oxygen atoms in total. The molecule has 0 radical (unpaired) electrons. The van der Waals surface area contributed by atoms with Gasteiger partial charge in [0.1, 0.15) is 23.9 Å². The minimum atomic E-state index is -3.56. The first kappa shape index (κ1) is 32.5. The van der Waals surface area contributed by atoms with Crippen molar-refractivity contribution in [2.24, 2.45) is 0 Å². The molecule has 4 rings (SSSR count). The Morgan fingerprint density at radius 1 is 0.860 bits per heavy atom. The first-order valence-electron chi connectivity index (χ1n) is 15.4. The van der Waals surface area contributed by atoms with Gasteiger partial charge in [0.05, 0.1) is 29.9 Å². The normalized spacial score (nSPS) is 12.7. The second kappa shape index (κ2) is 15.9. The summed E-state index contributed by atoms with van der Waals surface area (Å²) in [6, 6.07) is 23.0. The smallest absolute Gasteiger partial charge is 0.212 e. The highest BCUT2D eigenvalue weighted by Crippen LogP contribution is 2.31. The lowest BCUT2D eigenvalue weighted by Crippen LogP contribution is -2.34. The Bertz CT molecular complexity index is 1500. The lowest BCUT2D eigenvalue weighted by molar-refractivity contribution is 0.249. The van der Waals surface area contributed by atoms with Crippen molar-refractivity contribution in [3.05, 3.63) is 89.7 Å². The fraction of sp³-hybridized carbons (Fsp3) is 0.441. The molecule has 1 N–H and O–H groups in total. The summed E-state index contributed by atoms with van der Waals surface area (Å²) in [5, 5.41) is 0. The number of hydrogen-bond donors (Lipinski definition) is 1. The summed E-state index contributed by atoms with van der Waals surface area (Å²) >= 11 is 0. The van der Waals surface area contributed by atoms with Crippen molar-refractivity contribution in [2.45, 2.75) is 65.6 Å². The van der Waals surface area contributed by atoms with Gasteiger partial charge < -0.3 is 19.4 Å². The standard InChI is InChI=1S/C34H46N4O4S/c1-5-8-15-33(34-35-31-21-20-30(24-32(31)36-34)41-23-12-22-37(6-2)7-3)38(43(4,39)40)25-27-16-18-29(19-17-27)42-26-28-13-10-9-11-14-28/h9-11,13-14,16-21,24,33H,5-8,12,15,22-23,25-26H2,1-4H3,(H,35,36). The highest BCUT2D eigenvalue weighted by atomic mass is 32.2. The summed E-state index contributed by atoms with van der Waals surface area (Å²) in [6.45, 7) is 10.9. The molecule has 1 unspecified atom stereocenters. The zero-order chi connectivity index (χ0) is 30.7. The quantitative estimate of drug-likeness (QED) is 0.123. The van der Waals surface area contributed by atoms with Crippen LogP contribution < -0.4 is 9.47 Å². The number of nitrogens with zero attached hydrogens (tertiary/aromatic N) is 3. The maximum absolute atomic E-state index is 13.2. The molecule has 232 valence electrons. The summed E-state index contributed by atoms with van der Waals surface area (Å²) < 4.78 is 39.9. The van der Waals surface area contributed by atoms with E-state index in [1.54, 1.807) is 4.31 Å². The Labute approximate surface area is 257 Å². The third-order valence-corrected chi connectivity index (χ3v) is 8.92. The molecule has 1 atom stereocenters. The zero-order valence-electron chi connectivity index (χ0n) is 26.0. The van der Waals surface area contributed by atoms with Crippen LogP contribution in [0.25, 0.3) is 11.0 Å². The van der Waals surface area contributed by atoms with Crippen molar-refractivity contribution in [3.63, 3.8) is 0 Å². The van der Waals surface area contributed by atoms with Crippen LogP contribution in [-0.2, 0) is 23.2 Å². The molecule has 9 heteroatoms. The number of unbranched alkanes of at least 4 members (excludes halogenated alkanes) is 1. The molecule has 43 heavy (non-hydrogen) atoms. The maximum Gasteiger partial charge on any atom is 0.212 e. The van der Waals surface area contributed by atoms with Gasteiger partial charge in [-0.1, -0.05) is 76.1 Å². The van der Waals surface area contributed by atoms with E-state index in [2.05, 4.69) is 30.7 Å². The Kier molecular flexibility index (Phi) is 12.0. The van der Waals surface area contributed by atoms with Gasteiger partial charge in [-0.2, -0.15) is 4.31 Å². The molecule has 4 aromatic rings. The number of ether oxygens (including phenoxy) is 2. The summed E-state index contributed by atoms with van der Waals surface area (Å²) in [6.07, 6.45) is 4.72. The minimum Gasteiger partial charge on any atom is -0.493 e. The second-order valence-electron chi connectivity index (χ2n) is 10.9. The number of rotatable bonds is 18. The molecular weight excluding hydrogens is 560 g/mol. The molecule has 0 saturated heterocycles. The van der Waals surface area contributed by atoms with Crippen molar-refractivity contribution < 1.29 is 17.9 Å². The molecule has 0 aliphatic heterocycles. The van der Waals surface area contributed by atoms with Gasteiger partial charge in [-0.3, -0.25) is 0 Å². The third-order valence-electron chi connectivity index (χ3n) is 7.68. The third kappa shape index (κ3) is 9.55. The van der Waals surface area contributed by atoms with Gasteiger partial charge in [0.15, 0.2) is 0 Å². The van der Waals surface area contributed by atoms with Crippen LogP contribution in [0.3, 0.4) is 0 Å². The van der Waals surface area contributed by atoms with E-state index < -0.39 is 16.1 Å². The van der Waals surface area contributed by atoms with E-state index in [-0.39, 0.29) is 6.54 Å². The molecule has 3 aromatic carbocycles. The molecule has 0 fully saturated rings. The molecule has 0 aliphatic carbocycles. The van der Waals surface area contributed by atoms with Crippen molar-refractivity contribution in [1.29, 1.82) is 0 Å². The Morgan fingerprint density at radius 2 is 1.58 bits per heavy atom. The Morgan fingerprint density at radius 3 is 2.26 bits per heavy atom. The first-order valence-corrected chi connectivity index (χ1v) is 17.2. The van der Waals surface area contributed by atoms with Crippen LogP contribution in [-0.4, -0.2) is 60.1 Å². The number of H-pyrrole nitrogens is 1. The molecular formula is C34H46N4O4S. The number of nitrogens with one attached hydrogen (secondary N) is 1. The van der Waals surface area contributed by atoms with Crippen LogP contribution in [0.5, 0.6) is 11.5 Å². The molecule has 0 bridgehead atoms. The molecule has 0 aliphatic rings. The summed E-state index contributed by atoms with van der Waals surface area (Å²) in [7, 11) is -3.56. The van der Waals surface area contributed by atoms with Crippen molar-refractivity contribution >= 4 is 21.1 Å². The van der Waals surface area contributed by atoms with E-state index in [9.17, 15) is 8.42 Å². The van der Waals surface area contributed by atoms with Crippen molar-refractivity contribution in [3.8, 4) is 11.5 Å². The Balaban J connectivity index is 1.49. The lowest BCUT2D eigenvalue weighted by Gasteiger charge is -2.28. The van der Waals surface area contributed by atoms with Gasteiger partial charge >= 0.3 is 0 Å². The first-order chi connectivity index (χ1) is 20.8. The fourth-order valence-corrected chi connectivity index (χ4v) is 6.21. The van der Waals surface area contributed by atoms with Crippen LogP contribution in [0.15, 0.2) is 72.8 Å². The molecule has 1 aromatic heterocycles. The lowest BCUT2D eigenvalue weighted by atomic mass is 10.1. The monoisotopic (exact) mass is 606 g/mol. The van der Waals surface area contributed by atoms with E-state index in [1.807, 2.05) is 72.8 Å². The highest BCUT2D eigenvalue weighted by Gasteiger charge is 2.30. The SMILES string of the molecule is CCCCC(c1nc2ccc(OCCCN(CC)CC)cc2[nH]1)N(Cc1ccc(OCc2ccccc2)cc1)S(C)(=O)=O. The van der Waals surface area contributed by atoms with Gasteiger partial charge in [0, 0.05) is 19.2 Å². The summed E-state index contributed by atoms with van der Waals surface area (Å²) in [5.74, 6) is 2.17. The maximum atomic E-state index is 13.2. The van der Waals surface area contributed by atoms with Crippen LogP contribution in [0.4, 0.5) is 0 Å². The summed E-state index contributed by atoms with van der Waals surface area (Å²) in [4.78, 5) is 10.7. The van der Waals surface area contributed by atoms with Gasteiger partial charge in [0.25, 0.3) is 0 Å². The Hall–Kier alpha value is -3.40. The van der Waals surface area contributed by atoms with E-state index >= 15 is 0 Å². The predicted molar refractivity (Wildman–Crippen MR) is 174 cm³/mol. The minimum absolute atomic E-state index is 0.240. The topological polar surface area (TPSA) is 87.8 Å². The average Bonchev–Trinajstić information content (AvgIpc) is 3.43. The largest absolute Gasteiger partial charge is 0.493 e. The predicted octanol–water partition coefficient (Wildman–Crippen LogP) is 6.95. The highest BCUT2D eigenvalue weighted by molar-refractivity contribution is 7.88. The van der Waals surface area contributed by atoms with Crippen LogP contribution >= 0.6 is 0 Å². The average molecular weight is 607 g/mol. The fourth-order valence-electron chi connectivity index (χ4n) is 5.16. The molecule has 0 amide bonds. The van der Waals surface area contributed by atoms with E-state index in [4.69, 9.17) is 14.5 Å². The van der Waals surface area contributed by atoms with Crippen LogP contribution in [0, 0.1) is 0 Å². The number of sulfonamides is 1. The van der Waals surface area contributed by atoms with Gasteiger partial charge in [-0.15, -0.1) is 0 Å². The van der Waals surface area contributed by atoms with Crippen molar-refractivity contribution in [1.82, 2.24) is 19.2 Å². The van der Waals surface area contributed by atoms with Crippen LogP contribution in [0.1, 0.15) is 69.4 Å². The van der Waals surface area contributed by atoms with Crippen molar-refractivity contribution in [2.75, 3.05) is 32.5 Å². The number of imidazole rings is 1.